The molecule has 0 radical (unpaired) electrons. The quantitative estimate of drug-likeness (QED) is 0.0724. The molecule has 0 aromatic rings. The molecule has 14 bridgehead atoms. The van der Waals surface area contributed by atoms with Gasteiger partial charge in [-0.1, -0.05) is 0 Å². The molecule has 21 rings (SSSR count). The molecule has 0 spiro atoms. The second kappa shape index (κ2) is 31.9. The maximum atomic E-state index is 11.7. The van der Waals surface area contributed by atoms with Gasteiger partial charge in [0.15, 0.2) is 44.0 Å². The van der Waals surface area contributed by atoms with Gasteiger partial charge in [-0.25, -0.2) is 0 Å². The maximum Gasteiger partial charge on any atom is 0.321 e. The van der Waals surface area contributed by atoms with Crippen LogP contribution in [0.25, 0.3) is 0 Å². The van der Waals surface area contributed by atoms with E-state index < -0.39 is 284 Å². The molecule has 0 aliphatic carbocycles. The summed E-state index contributed by atoms with van der Waals surface area (Å²) < 4.78 is 81.6. The topological polar surface area (TPSA) is 640 Å². The summed E-state index contributed by atoms with van der Waals surface area (Å²) in [5, 5.41) is 233. The van der Waals surface area contributed by atoms with Gasteiger partial charge in [0.2, 0.25) is 0 Å². The summed E-state index contributed by atoms with van der Waals surface area (Å²) >= 11 is 1.60. The average Bonchev–Trinajstić information content (AvgIpc) is 0.983. The number of ether oxygens (including phenoxy) is 14. The number of hydrogen-bond acceptors (Lipinski definition) is 39. The lowest BCUT2D eigenvalue weighted by Gasteiger charge is -2.50. The van der Waals surface area contributed by atoms with Gasteiger partial charge in [0.1, 0.15) is 171 Å². The molecule has 21 aliphatic heterocycles. The molecule has 39 nitrogen and oxygen atoms in total. The Balaban J connectivity index is 1.11. The van der Waals surface area contributed by atoms with Crippen molar-refractivity contribution in [3.63, 3.8) is 0 Å². The minimum Gasteiger partial charge on any atom is -0.480 e. The zero-order valence-electron chi connectivity index (χ0n) is 46.6. The predicted octanol–water partition coefficient (Wildman–Crippen LogP) is -14.9. The molecule has 21 aliphatic rings. The molecule has 14 unspecified atom stereocenters. The highest BCUT2D eigenvalue weighted by molar-refractivity contribution is 7.99. The normalized spacial score (nSPS) is 50.1. The Morgan fingerprint density at radius 2 is 0.438 bits per heavy atom. The van der Waals surface area contributed by atoms with Crippen LogP contribution in [0.1, 0.15) is 0 Å². The summed E-state index contributed by atoms with van der Waals surface area (Å²) in [4.78, 5) is 23.2. The van der Waals surface area contributed by atoms with Gasteiger partial charge >= 0.3 is 11.9 Å². The summed E-state index contributed by atoms with van der Waals surface area (Å²) in [7, 11) is 0. The number of hydrogen-bond donors (Lipinski definition) is 23. The van der Waals surface area contributed by atoms with Gasteiger partial charge in [-0.3, -0.25) is 9.59 Å². The van der Waals surface area contributed by atoms with Crippen LogP contribution in [-0.2, 0) is 75.9 Å². The van der Waals surface area contributed by atoms with Gasteiger partial charge in [0, 0.05) is 23.0 Å². The lowest BCUT2D eigenvalue weighted by Crippen LogP contribution is -2.68. The van der Waals surface area contributed by atoms with Crippen molar-refractivity contribution in [1.29, 1.82) is 0 Å². The number of thioether (sulfide) groups is 2. The molecule has 89 heavy (non-hydrogen) atoms. The van der Waals surface area contributed by atoms with Crippen molar-refractivity contribution >= 4 is 35.5 Å². The van der Waals surface area contributed by atoms with Crippen molar-refractivity contribution < 1.29 is 183 Å². The van der Waals surface area contributed by atoms with Crippen LogP contribution in [-0.4, -0.2) is 402 Å². The summed E-state index contributed by atoms with van der Waals surface area (Å²) in [5.41, 5.74) is 11.4. The Labute approximate surface area is 511 Å². The standard InChI is InChI=1S/C48H80N2O37S2/c49-10(40(70)71)6-88-8-17-38-25(62)32(69)48(80-17)85-37-16(5-55)76-44(28(65)21(37)58)83-35-14(3-53)78-46(30(67)23(35)60)87-39-18(9-89-7-11(50)41(72)73)79-47(31(68)24(39)61)84-36-15(4-54)75-43(27(64)20(36)57)81-33-12(1-51)74-42(26(63)19(33)56)82-34-13(2-52)77-45(86-38)29(66)22(34)59/h10-39,42-48,51-69H,1-9,49-50H2,(H,70,71)(H,72,73)/t10-,11-,12?,13?,14?,15?,16?,17?,18?,19-,20-,21-,22-,23+,24-,25-,26?,27?,28?,29?,30?,31?,32?,33-,34-,35-,36-,37-,38-,39-,42+,43-,44+,45-,46+,47+,48+/m1/s1. The summed E-state index contributed by atoms with van der Waals surface area (Å²) in [6.07, 6.45) is -71.4. The van der Waals surface area contributed by atoms with E-state index in [4.69, 9.17) is 77.8 Å². The fraction of sp³-hybridized carbons (Fsp3) is 0.958. The first-order valence-electron chi connectivity index (χ1n) is 28.1. The van der Waals surface area contributed by atoms with Gasteiger partial charge in [0.25, 0.3) is 0 Å². The van der Waals surface area contributed by atoms with Gasteiger partial charge in [-0.2, -0.15) is 23.5 Å². The van der Waals surface area contributed by atoms with Crippen LogP contribution in [0.4, 0.5) is 0 Å². The lowest BCUT2D eigenvalue weighted by molar-refractivity contribution is -0.395. The van der Waals surface area contributed by atoms with Crippen molar-refractivity contribution in [3.8, 4) is 0 Å². The number of nitrogens with two attached hydrogens (primary N) is 2. The van der Waals surface area contributed by atoms with Crippen molar-refractivity contribution in [3.05, 3.63) is 0 Å². The van der Waals surface area contributed by atoms with E-state index in [0.717, 1.165) is 23.5 Å². The average molecular weight is 1340 g/mol. The van der Waals surface area contributed by atoms with E-state index in [1.807, 2.05) is 0 Å². The van der Waals surface area contributed by atoms with Crippen molar-refractivity contribution in [2.24, 2.45) is 11.5 Å². The number of aliphatic hydroxyl groups is 19. The number of aliphatic carboxylic acids is 2. The van der Waals surface area contributed by atoms with E-state index in [1.165, 1.54) is 0 Å². The molecule has 0 aromatic carbocycles. The molecule has 21 saturated heterocycles. The van der Waals surface area contributed by atoms with E-state index >= 15 is 0 Å². The number of carbonyl (C=O) groups is 2. The first kappa shape index (κ1) is 73.1. The third-order valence-electron chi connectivity index (χ3n) is 16.2. The summed E-state index contributed by atoms with van der Waals surface area (Å²) in [5.74, 6) is -4.26. The van der Waals surface area contributed by atoms with E-state index in [9.17, 15) is 117 Å². The van der Waals surface area contributed by atoms with E-state index in [2.05, 4.69) is 0 Å². The number of carboxylic acid groups (broad SMARTS) is 2. The van der Waals surface area contributed by atoms with Crippen LogP contribution in [0.5, 0.6) is 0 Å². The number of rotatable bonds is 15. The van der Waals surface area contributed by atoms with E-state index in [0.29, 0.717) is 0 Å². The van der Waals surface area contributed by atoms with Crippen LogP contribution in [0.3, 0.4) is 0 Å². The second-order valence-corrected chi connectivity index (χ2v) is 24.4. The van der Waals surface area contributed by atoms with Crippen molar-refractivity contribution in [2.75, 3.05) is 56.0 Å². The molecule has 0 saturated carbocycles. The first-order chi connectivity index (χ1) is 42.2. The molecule has 25 N–H and O–H groups in total. The number of aliphatic hydroxyl groups excluding tert-OH is 19. The van der Waals surface area contributed by atoms with Crippen LogP contribution in [0.15, 0.2) is 0 Å². The first-order valence-corrected chi connectivity index (χ1v) is 30.4. The summed E-state index contributed by atoms with van der Waals surface area (Å²) in [6, 6.07) is -2.94. The second-order valence-electron chi connectivity index (χ2n) is 22.3. The molecule has 516 valence electrons. The maximum absolute atomic E-state index is 11.7. The Morgan fingerprint density at radius 1 is 0.281 bits per heavy atom. The fourth-order valence-corrected chi connectivity index (χ4v) is 13.2. The van der Waals surface area contributed by atoms with Crippen LogP contribution < -0.4 is 11.5 Å². The largest absolute Gasteiger partial charge is 0.480 e. The van der Waals surface area contributed by atoms with Crippen LogP contribution in [0.2, 0.25) is 0 Å². The third-order valence-corrected chi connectivity index (χ3v) is 18.5. The fourth-order valence-electron chi connectivity index (χ4n) is 11.2. The minimum atomic E-state index is -2.27. The predicted molar refractivity (Wildman–Crippen MR) is 280 cm³/mol. The van der Waals surface area contributed by atoms with Crippen molar-refractivity contribution in [2.45, 2.75) is 227 Å². The van der Waals surface area contributed by atoms with E-state index in [-0.39, 0.29) is 11.5 Å². The van der Waals surface area contributed by atoms with Gasteiger partial charge in [-0.15, -0.1) is 0 Å². The van der Waals surface area contributed by atoms with Gasteiger partial charge in [0.05, 0.1) is 45.2 Å². The zero-order chi connectivity index (χ0) is 65.2. The van der Waals surface area contributed by atoms with Crippen molar-refractivity contribution in [1.82, 2.24) is 0 Å². The Hall–Kier alpha value is -1.76. The molecule has 0 aromatic heterocycles. The molecule has 21 fully saturated rings. The third kappa shape index (κ3) is 15.9. The Kier molecular flexibility index (Phi) is 26.2. The highest BCUT2D eigenvalue weighted by atomic mass is 32.2. The van der Waals surface area contributed by atoms with Gasteiger partial charge < -0.3 is 185 Å². The smallest absolute Gasteiger partial charge is 0.321 e. The van der Waals surface area contributed by atoms with E-state index in [1.54, 1.807) is 0 Å². The highest BCUT2D eigenvalue weighted by Crippen LogP contribution is 2.40. The summed E-state index contributed by atoms with van der Waals surface area (Å²) in [6.45, 7) is -5.43. The molecular formula is C48H80N2O37S2. The van der Waals surface area contributed by atoms with Gasteiger partial charge in [-0.05, 0) is 0 Å². The molecule has 41 heteroatoms. The molecular weight excluding hydrogens is 1260 g/mol. The lowest BCUT2D eigenvalue weighted by atomic mass is 9.95. The highest BCUT2D eigenvalue weighted by Gasteiger charge is 2.60. The Bertz CT molecular complexity index is 2200. The van der Waals surface area contributed by atoms with Crippen LogP contribution >= 0.6 is 23.5 Å². The Morgan fingerprint density at radius 3 is 0.596 bits per heavy atom. The molecule has 21 heterocycles. The SMILES string of the molecule is N[C@H](CSCC1O[C@H]2O[C@@H]3C(CO)O[C@@H](O[C@@H]4C(CO)O[C@@H](O[C@@H]5C(CSC[C@@H](N)C(=O)O)O[C@@H](O[C@@H]6C(CO)O[C@H](O[C@@H]7C(CO)O[C@@H](O[C@@H]8C(CO)O[C@H](O[C@H]1[C@H](O)C2O)C(O)[C@H]8O)C(O)[C@H]7O)C(O)[C@H]6O)C(O)[C@H]5O)C(O)[C@@H]4O)C(O)[C@H]3O)C(=O)O. The molecule has 0 amide bonds. The number of carboxylic acids is 2. The monoisotopic (exact) mass is 1340 g/mol. The van der Waals surface area contributed by atoms with Crippen LogP contribution in [0, 0.1) is 0 Å². The molecule has 37 atom stereocenters. The minimum absolute atomic E-state index is 0.319. The zero-order valence-corrected chi connectivity index (χ0v) is 48.3.